The van der Waals surface area contributed by atoms with Crippen molar-refractivity contribution in [2.75, 3.05) is 20.7 Å². The topological polar surface area (TPSA) is 29.5 Å². The molecule has 0 aromatic rings. The van der Waals surface area contributed by atoms with Crippen LogP contribution in [0.1, 0.15) is 20.3 Å². The van der Waals surface area contributed by atoms with Crippen molar-refractivity contribution in [1.82, 2.24) is 4.90 Å². The summed E-state index contributed by atoms with van der Waals surface area (Å²) in [7, 11) is 3.42. The lowest BCUT2D eigenvalue weighted by atomic mass is 10.2. The van der Waals surface area contributed by atoms with E-state index in [4.69, 9.17) is 0 Å². The van der Waals surface area contributed by atoms with E-state index in [-0.39, 0.29) is 12.0 Å². The van der Waals surface area contributed by atoms with Crippen LogP contribution < -0.4 is 0 Å². The molecule has 1 aliphatic carbocycles. The van der Waals surface area contributed by atoms with Crippen molar-refractivity contribution >= 4 is 5.97 Å². The van der Waals surface area contributed by atoms with Crippen LogP contribution in [0.4, 0.5) is 0 Å². The van der Waals surface area contributed by atoms with E-state index in [0.717, 1.165) is 18.4 Å². The van der Waals surface area contributed by atoms with Gasteiger partial charge in [0.15, 0.2) is 0 Å². The highest BCUT2D eigenvalue weighted by Gasteiger charge is 2.34. The molecule has 3 atom stereocenters. The molecule has 0 aliphatic heterocycles. The summed E-state index contributed by atoms with van der Waals surface area (Å²) in [6.07, 6.45) is 1.30. The van der Waals surface area contributed by atoms with Gasteiger partial charge < -0.3 is 4.74 Å². The van der Waals surface area contributed by atoms with Crippen LogP contribution in [-0.4, -0.2) is 37.6 Å². The molecule has 1 saturated carbocycles. The second kappa shape index (κ2) is 4.09. The first kappa shape index (κ1) is 10.5. The van der Waals surface area contributed by atoms with Gasteiger partial charge in [-0.2, -0.15) is 0 Å². The van der Waals surface area contributed by atoms with Crippen molar-refractivity contribution in [3.63, 3.8) is 0 Å². The SMILES string of the molecule is COC(=O)C(C)N(C)CC1CC1C. The maximum absolute atomic E-state index is 11.2. The quantitative estimate of drug-likeness (QED) is 0.615. The van der Waals surface area contributed by atoms with Crippen molar-refractivity contribution < 1.29 is 9.53 Å². The molecular weight excluding hydrogens is 166 g/mol. The number of nitrogens with zero attached hydrogens (tertiary/aromatic N) is 1. The van der Waals surface area contributed by atoms with Crippen LogP contribution >= 0.6 is 0 Å². The van der Waals surface area contributed by atoms with Gasteiger partial charge in [0.1, 0.15) is 6.04 Å². The first-order chi connectivity index (χ1) is 6.06. The molecular formula is C10H19NO2. The van der Waals surface area contributed by atoms with E-state index in [0.29, 0.717) is 0 Å². The lowest BCUT2D eigenvalue weighted by Crippen LogP contribution is -2.38. The van der Waals surface area contributed by atoms with Gasteiger partial charge >= 0.3 is 5.97 Å². The van der Waals surface area contributed by atoms with Gasteiger partial charge in [0.2, 0.25) is 0 Å². The monoisotopic (exact) mass is 185 g/mol. The average Bonchev–Trinajstić information content (AvgIpc) is 2.79. The molecule has 0 amide bonds. The molecule has 0 aromatic heterocycles. The van der Waals surface area contributed by atoms with E-state index < -0.39 is 0 Å². The number of rotatable bonds is 4. The van der Waals surface area contributed by atoms with Gasteiger partial charge in [-0.05, 0) is 32.2 Å². The third-order valence-corrected chi connectivity index (χ3v) is 3.00. The normalized spacial score (nSPS) is 28.7. The predicted octanol–water partition coefficient (Wildman–Crippen LogP) is 1.14. The Labute approximate surface area is 80.1 Å². The highest BCUT2D eigenvalue weighted by atomic mass is 16.5. The van der Waals surface area contributed by atoms with Crippen LogP contribution in [0.3, 0.4) is 0 Å². The van der Waals surface area contributed by atoms with E-state index in [1.54, 1.807) is 0 Å². The summed E-state index contributed by atoms with van der Waals surface area (Å²) in [5, 5.41) is 0. The number of carbonyl (C=O) groups excluding carboxylic acids is 1. The number of hydrogen-bond acceptors (Lipinski definition) is 3. The molecule has 0 heterocycles. The molecule has 3 unspecified atom stereocenters. The lowest BCUT2D eigenvalue weighted by Gasteiger charge is -2.22. The Kier molecular flexibility index (Phi) is 3.31. The zero-order valence-corrected chi connectivity index (χ0v) is 8.91. The largest absolute Gasteiger partial charge is 0.468 e. The fourth-order valence-electron chi connectivity index (χ4n) is 1.53. The van der Waals surface area contributed by atoms with Crippen LogP contribution in [0, 0.1) is 11.8 Å². The molecule has 1 rings (SSSR count). The third-order valence-electron chi connectivity index (χ3n) is 3.00. The molecule has 0 radical (unpaired) electrons. The van der Waals surface area contributed by atoms with Gasteiger partial charge in [0, 0.05) is 6.54 Å². The van der Waals surface area contributed by atoms with Gasteiger partial charge in [-0.25, -0.2) is 0 Å². The Hall–Kier alpha value is -0.570. The molecule has 1 fully saturated rings. The first-order valence-corrected chi connectivity index (χ1v) is 4.84. The van der Waals surface area contributed by atoms with Gasteiger partial charge in [-0.1, -0.05) is 6.92 Å². The second-order valence-electron chi connectivity index (χ2n) is 4.11. The highest BCUT2D eigenvalue weighted by Crippen LogP contribution is 2.38. The molecule has 0 bridgehead atoms. The first-order valence-electron chi connectivity index (χ1n) is 4.84. The average molecular weight is 185 g/mol. The number of methoxy groups -OCH3 is 1. The van der Waals surface area contributed by atoms with Gasteiger partial charge in [-0.15, -0.1) is 0 Å². The zero-order valence-electron chi connectivity index (χ0n) is 8.91. The number of ether oxygens (including phenoxy) is 1. The van der Waals surface area contributed by atoms with Crippen LogP contribution in [0.5, 0.6) is 0 Å². The summed E-state index contributed by atoms with van der Waals surface area (Å²) in [5.41, 5.74) is 0. The molecule has 0 N–H and O–H groups in total. The van der Waals surface area contributed by atoms with Crippen LogP contribution in [-0.2, 0) is 9.53 Å². The zero-order chi connectivity index (χ0) is 10.0. The molecule has 0 aromatic carbocycles. The van der Waals surface area contributed by atoms with Gasteiger partial charge in [-0.3, -0.25) is 9.69 Å². The molecule has 3 nitrogen and oxygen atoms in total. The highest BCUT2D eigenvalue weighted by molar-refractivity contribution is 5.75. The molecule has 0 saturated heterocycles. The predicted molar refractivity (Wildman–Crippen MR) is 51.4 cm³/mol. The van der Waals surface area contributed by atoms with Crippen molar-refractivity contribution in [3.8, 4) is 0 Å². The minimum Gasteiger partial charge on any atom is -0.468 e. The van der Waals surface area contributed by atoms with Crippen LogP contribution in [0.25, 0.3) is 0 Å². The molecule has 0 spiro atoms. The molecule has 1 aliphatic rings. The third kappa shape index (κ3) is 2.69. The maximum Gasteiger partial charge on any atom is 0.322 e. The number of hydrogen-bond donors (Lipinski definition) is 0. The summed E-state index contributed by atoms with van der Waals surface area (Å²) in [6, 6.07) is -0.113. The van der Waals surface area contributed by atoms with Crippen LogP contribution in [0.2, 0.25) is 0 Å². The summed E-state index contributed by atoms with van der Waals surface area (Å²) in [4.78, 5) is 13.2. The van der Waals surface area contributed by atoms with E-state index in [9.17, 15) is 4.79 Å². The minimum absolute atomic E-state index is 0.113. The summed E-state index contributed by atoms with van der Waals surface area (Å²) >= 11 is 0. The second-order valence-corrected chi connectivity index (χ2v) is 4.11. The molecule has 13 heavy (non-hydrogen) atoms. The van der Waals surface area contributed by atoms with Crippen molar-refractivity contribution in [3.05, 3.63) is 0 Å². The number of likely N-dealkylation sites (N-methyl/N-ethyl adjacent to an activating group) is 1. The minimum atomic E-state index is -0.143. The Morgan fingerprint density at radius 1 is 1.69 bits per heavy atom. The van der Waals surface area contributed by atoms with Crippen LogP contribution in [0.15, 0.2) is 0 Å². The standard InChI is InChI=1S/C10H19NO2/c1-7-5-9(7)6-11(3)8(2)10(12)13-4/h7-9H,5-6H2,1-4H3. The van der Waals surface area contributed by atoms with E-state index in [1.807, 2.05) is 14.0 Å². The van der Waals surface area contributed by atoms with Gasteiger partial charge in [0.05, 0.1) is 7.11 Å². The van der Waals surface area contributed by atoms with E-state index in [2.05, 4.69) is 16.6 Å². The summed E-state index contributed by atoms with van der Waals surface area (Å²) < 4.78 is 4.68. The van der Waals surface area contributed by atoms with Crippen molar-refractivity contribution in [2.24, 2.45) is 11.8 Å². The summed E-state index contributed by atoms with van der Waals surface area (Å²) in [6.45, 7) is 5.15. The number of esters is 1. The van der Waals surface area contributed by atoms with Gasteiger partial charge in [0.25, 0.3) is 0 Å². The maximum atomic E-state index is 11.2. The summed E-state index contributed by atoms with van der Waals surface area (Å²) in [5.74, 6) is 1.49. The Bertz CT molecular complexity index is 193. The fourth-order valence-corrected chi connectivity index (χ4v) is 1.53. The Morgan fingerprint density at radius 3 is 2.62 bits per heavy atom. The van der Waals surface area contributed by atoms with Crippen molar-refractivity contribution in [1.29, 1.82) is 0 Å². The number of carbonyl (C=O) groups is 1. The smallest absolute Gasteiger partial charge is 0.322 e. The molecule has 76 valence electrons. The van der Waals surface area contributed by atoms with E-state index >= 15 is 0 Å². The fraction of sp³-hybridized carbons (Fsp3) is 0.900. The Balaban J connectivity index is 2.29. The molecule has 3 heteroatoms. The lowest BCUT2D eigenvalue weighted by molar-refractivity contribution is -0.145. The van der Waals surface area contributed by atoms with E-state index in [1.165, 1.54) is 13.5 Å². The van der Waals surface area contributed by atoms with Crippen molar-refractivity contribution in [2.45, 2.75) is 26.3 Å². The Morgan fingerprint density at radius 2 is 2.23 bits per heavy atom.